The van der Waals surface area contributed by atoms with E-state index in [2.05, 4.69) is 60.5 Å². The minimum atomic E-state index is 0.367. The first-order chi connectivity index (χ1) is 14.6. The molecule has 0 aliphatic heterocycles. The SMILES string of the molecule is COc1ccc(CCn2c(Br)nc3c(N)nc(NCCc4ccccc4)nc32)cc1. The van der Waals surface area contributed by atoms with Crippen molar-refractivity contribution in [2.45, 2.75) is 19.4 Å². The van der Waals surface area contributed by atoms with Crippen molar-refractivity contribution >= 4 is 38.9 Å². The molecule has 30 heavy (non-hydrogen) atoms. The van der Waals surface area contributed by atoms with Gasteiger partial charge in [0.15, 0.2) is 21.7 Å². The Bertz CT molecular complexity index is 1130. The Morgan fingerprint density at radius 1 is 0.967 bits per heavy atom. The zero-order chi connectivity index (χ0) is 20.9. The van der Waals surface area contributed by atoms with Crippen molar-refractivity contribution in [1.29, 1.82) is 0 Å². The quantitative estimate of drug-likeness (QED) is 0.380. The third kappa shape index (κ3) is 4.54. The molecule has 0 saturated carbocycles. The molecule has 0 amide bonds. The summed E-state index contributed by atoms with van der Waals surface area (Å²) in [4.78, 5) is 13.5. The fourth-order valence-electron chi connectivity index (χ4n) is 3.27. The fraction of sp³-hybridized carbons (Fsp3) is 0.227. The maximum atomic E-state index is 6.16. The molecule has 7 nitrogen and oxygen atoms in total. The number of halogens is 1. The third-order valence-corrected chi connectivity index (χ3v) is 5.50. The van der Waals surface area contributed by atoms with Crippen LogP contribution in [-0.4, -0.2) is 33.2 Å². The number of benzene rings is 2. The maximum absolute atomic E-state index is 6.16. The minimum Gasteiger partial charge on any atom is -0.497 e. The highest BCUT2D eigenvalue weighted by molar-refractivity contribution is 9.10. The van der Waals surface area contributed by atoms with Crippen LogP contribution in [0.15, 0.2) is 59.3 Å². The van der Waals surface area contributed by atoms with Crippen LogP contribution in [0.25, 0.3) is 11.2 Å². The van der Waals surface area contributed by atoms with E-state index in [9.17, 15) is 0 Å². The fourth-order valence-corrected chi connectivity index (χ4v) is 3.79. The smallest absolute Gasteiger partial charge is 0.226 e. The molecule has 2 heterocycles. The highest BCUT2D eigenvalue weighted by Gasteiger charge is 2.15. The molecule has 0 aliphatic rings. The molecule has 2 aromatic heterocycles. The number of rotatable bonds is 8. The number of ether oxygens (including phenoxy) is 1. The van der Waals surface area contributed by atoms with Crippen LogP contribution in [0.3, 0.4) is 0 Å². The van der Waals surface area contributed by atoms with Crippen molar-refractivity contribution < 1.29 is 4.74 Å². The molecule has 0 spiro atoms. The van der Waals surface area contributed by atoms with Crippen LogP contribution in [0.5, 0.6) is 5.75 Å². The Labute approximate surface area is 183 Å². The number of aromatic nitrogens is 4. The van der Waals surface area contributed by atoms with Crippen LogP contribution in [0.2, 0.25) is 0 Å². The van der Waals surface area contributed by atoms with Crippen molar-refractivity contribution in [2.75, 3.05) is 24.7 Å². The monoisotopic (exact) mass is 466 g/mol. The second-order valence-electron chi connectivity index (χ2n) is 6.90. The Balaban J connectivity index is 1.50. The summed E-state index contributed by atoms with van der Waals surface area (Å²) in [5, 5.41) is 3.28. The second kappa shape index (κ2) is 9.13. The summed E-state index contributed by atoms with van der Waals surface area (Å²) < 4.78 is 7.92. The molecule has 0 aliphatic carbocycles. The van der Waals surface area contributed by atoms with E-state index in [-0.39, 0.29) is 0 Å². The van der Waals surface area contributed by atoms with E-state index in [1.165, 1.54) is 11.1 Å². The molecule has 0 radical (unpaired) electrons. The number of anilines is 2. The van der Waals surface area contributed by atoms with E-state index in [0.717, 1.165) is 25.1 Å². The molecule has 8 heteroatoms. The summed E-state index contributed by atoms with van der Waals surface area (Å²) in [5.74, 6) is 1.72. The number of methoxy groups -OCH3 is 1. The summed E-state index contributed by atoms with van der Waals surface area (Å²) in [5.41, 5.74) is 9.93. The Morgan fingerprint density at radius 3 is 2.43 bits per heavy atom. The number of nitrogen functional groups attached to an aromatic ring is 1. The Kier molecular flexibility index (Phi) is 6.13. The van der Waals surface area contributed by atoms with Gasteiger partial charge in [-0.2, -0.15) is 9.97 Å². The lowest BCUT2D eigenvalue weighted by atomic mass is 10.1. The highest BCUT2D eigenvalue weighted by atomic mass is 79.9. The predicted octanol–water partition coefficient (Wildman–Crippen LogP) is 4.08. The standard InChI is InChI=1S/C22H23BrN6O/c1-30-17-9-7-16(8-10-17)12-14-29-20-18(26-21(29)23)19(24)27-22(28-20)25-13-11-15-5-3-2-4-6-15/h2-10H,11-14H2,1H3,(H3,24,25,27,28). The van der Waals surface area contributed by atoms with Gasteiger partial charge in [-0.05, 0) is 52.0 Å². The van der Waals surface area contributed by atoms with E-state index >= 15 is 0 Å². The lowest BCUT2D eigenvalue weighted by Crippen LogP contribution is -2.10. The van der Waals surface area contributed by atoms with Gasteiger partial charge < -0.3 is 20.4 Å². The molecular weight excluding hydrogens is 444 g/mol. The van der Waals surface area contributed by atoms with Gasteiger partial charge in [-0.15, -0.1) is 0 Å². The van der Waals surface area contributed by atoms with Gasteiger partial charge in [-0.1, -0.05) is 42.5 Å². The van der Waals surface area contributed by atoms with Gasteiger partial charge in [0.1, 0.15) is 5.75 Å². The molecule has 0 saturated heterocycles. The van der Waals surface area contributed by atoms with Gasteiger partial charge in [0.25, 0.3) is 0 Å². The largest absolute Gasteiger partial charge is 0.497 e. The predicted molar refractivity (Wildman–Crippen MR) is 123 cm³/mol. The van der Waals surface area contributed by atoms with Crippen molar-refractivity contribution in [3.05, 3.63) is 70.5 Å². The van der Waals surface area contributed by atoms with Crippen molar-refractivity contribution in [2.24, 2.45) is 0 Å². The molecule has 0 atom stereocenters. The number of fused-ring (bicyclic) bond motifs is 1. The van der Waals surface area contributed by atoms with Gasteiger partial charge in [0.2, 0.25) is 5.95 Å². The minimum absolute atomic E-state index is 0.367. The first-order valence-corrected chi connectivity index (χ1v) is 10.5. The summed E-state index contributed by atoms with van der Waals surface area (Å²) in [6.45, 7) is 1.43. The van der Waals surface area contributed by atoms with Crippen molar-refractivity contribution in [1.82, 2.24) is 19.5 Å². The van der Waals surface area contributed by atoms with Gasteiger partial charge in [-0.3, -0.25) is 0 Å². The lowest BCUT2D eigenvalue weighted by Gasteiger charge is -2.09. The first kappa shape index (κ1) is 20.2. The molecule has 154 valence electrons. The normalized spacial score (nSPS) is 11.0. The van der Waals surface area contributed by atoms with Gasteiger partial charge in [-0.25, -0.2) is 4.98 Å². The summed E-state index contributed by atoms with van der Waals surface area (Å²) >= 11 is 3.54. The van der Waals surface area contributed by atoms with Crippen molar-refractivity contribution in [3.63, 3.8) is 0 Å². The Hall–Kier alpha value is -3.13. The number of hydrogen-bond donors (Lipinski definition) is 2. The second-order valence-corrected chi connectivity index (χ2v) is 7.61. The van der Waals surface area contributed by atoms with E-state index in [4.69, 9.17) is 10.5 Å². The van der Waals surface area contributed by atoms with E-state index < -0.39 is 0 Å². The topological polar surface area (TPSA) is 90.9 Å². The van der Waals surface area contributed by atoms with Crippen LogP contribution in [0.4, 0.5) is 11.8 Å². The molecule has 2 aromatic carbocycles. The first-order valence-electron chi connectivity index (χ1n) is 9.74. The van der Waals surface area contributed by atoms with E-state index in [0.29, 0.717) is 34.2 Å². The van der Waals surface area contributed by atoms with Crippen LogP contribution in [0, 0.1) is 0 Å². The number of nitrogens with two attached hydrogens (primary N) is 1. The van der Waals surface area contributed by atoms with Gasteiger partial charge in [0.05, 0.1) is 7.11 Å². The summed E-state index contributed by atoms with van der Waals surface area (Å²) in [7, 11) is 1.67. The number of aryl methyl sites for hydroxylation is 2. The Morgan fingerprint density at radius 2 is 1.70 bits per heavy atom. The van der Waals surface area contributed by atoms with Crippen LogP contribution in [-0.2, 0) is 19.4 Å². The molecule has 4 aromatic rings. The van der Waals surface area contributed by atoms with Crippen LogP contribution >= 0.6 is 15.9 Å². The number of hydrogen-bond acceptors (Lipinski definition) is 6. The zero-order valence-electron chi connectivity index (χ0n) is 16.7. The molecular formula is C22H23BrN6O. The molecule has 0 bridgehead atoms. The summed E-state index contributed by atoms with van der Waals surface area (Å²) in [6.07, 6.45) is 1.71. The average molecular weight is 467 g/mol. The average Bonchev–Trinajstić information content (AvgIpc) is 3.09. The van der Waals surface area contributed by atoms with Gasteiger partial charge >= 0.3 is 0 Å². The van der Waals surface area contributed by atoms with Crippen LogP contribution < -0.4 is 15.8 Å². The third-order valence-electron chi connectivity index (χ3n) is 4.90. The molecule has 4 rings (SSSR count). The number of nitrogens with one attached hydrogen (secondary N) is 1. The van der Waals surface area contributed by atoms with Gasteiger partial charge in [0, 0.05) is 13.1 Å². The number of nitrogens with zero attached hydrogens (tertiary/aromatic N) is 4. The number of imidazole rings is 1. The zero-order valence-corrected chi connectivity index (χ0v) is 18.3. The van der Waals surface area contributed by atoms with E-state index in [1.807, 2.05) is 34.9 Å². The van der Waals surface area contributed by atoms with E-state index in [1.54, 1.807) is 7.11 Å². The summed E-state index contributed by atoms with van der Waals surface area (Å²) in [6, 6.07) is 18.3. The van der Waals surface area contributed by atoms with Crippen molar-refractivity contribution in [3.8, 4) is 5.75 Å². The molecule has 0 unspecified atom stereocenters. The lowest BCUT2D eigenvalue weighted by molar-refractivity contribution is 0.414. The highest BCUT2D eigenvalue weighted by Crippen LogP contribution is 2.24. The maximum Gasteiger partial charge on any atom is 0.226 e. The molecule has 0 fully saturated rings. The molecule has 3 N–H and O–H groups in total. The van der Waals surface area contributed by atoms with Crippen LogP contribution in [0.1, 0.15) is 11.1 Å².